The van der Waals surface area contributed by atoms with Gasteiger partial charge in [0.15, 0.2) is 5.13 Å². The smallest absolute Gasteiger partial charge is 0.186 e. The molecule has 4 nitrogen and oxygen atoms in total. The zero-order chi connectivity index (χ0) is 12.8. The van der Waals surface area contributed by atoms with Crippen LogP contribution in [-0.2, 0) is 11.2 Å². The zero-order valence-corrected chi connectivity index (χ0v) is 11.8. The summed E-state index contributed by atoms with van der Waals surface area (Å²) in [6.07, 6.45) is 2.64. The Morgan fingerprint density at radius 3 is 3.06 bits per heavy atom. The Hall–Kier alpha value is -0.650. The molecular weight excluding hydrogens is 248 g/mol. The number of nitrogens with zero attached hydrogens (tertiary/aromatic N) is 2. The average Bonchev–Trinajstić information content (AvgIpc) is 2.73. The number of aliphatic hydroxyl groups excluding tert-OH is 1. The summed E-state index contributed by atoms with van der Waals surface area (Å²) in [5.41, 5.74) is 0.814. The van der Waals surface area contributed by atoms with E-state index >= 15 is 0 Å². The molecule has 0 radical (unpaired) electrons. The lowest BCUT2D eigenvalue weighted by Crippen LogP contribution is -2.48. The van der Waals surface area contributed by atoms with Crippen molar-refractivity contribution in [1.29, 1.82) is 0 Å². The molecule has 1 aliphatic heterocycles. The van der Waals surface area contributed by atoms with Crippen molar-refractivity contribution in [2.24, 2.45) is 0 Å². The van der Waals surface area contributed by atoms with Crippen molar-refractivity contribution in [3.05, 3.63) is 10.6 Å². The summed E-state index contributed by atoms with van der Waals surface area (Å²) in [5.74, 6) is 0. The van der Waals surface area contributed by atoms with E-state index in [2.05, 4.69) is 23.7 Å². The van der Waals surface area contributed by atoms with Crippen molar-refractivity contribution in [3.8, 4) is 0 Å². The van der Waals surface area contributed by atoms with Crippen molar-refractivity contribution in [2.45, 2.75) is 44.8 Å². The molecule has 1 saturated heterocycles. The van der Waals surface area contributed by atoms with Gasteiger partial charge in [-0.15, -0.1) is 11.3 Å². The lowest BCUT2D eigenvalue weighted by molar-refractivity contribution is -0.0277. The molecule has 0 bridgehead atoms. The standard InChI is InChI=1S/C13H20N2O2S/c1-13(2)8-15(6-7-17-13)12-14-11-9(16)4-3-5-10(11)18-12/h9,16H,3-8H2,1-2H3. The Morgan fingerprint density at radius 2 is 2.33 bits per heavy atom. The monoisotopic (exact) mass is 268 g/mol. The van der Waals surface area contributed by atoms with E-state index in [1.165, 1.54) is 4.88 Å². The quantitative estimate of drug-likeness (QED) is 0.847. The predicted octanol–water partition coefficient (Wildman–Crippen LogP) is 2.13. The molecule has 18 heavy (non-hydrogen) atoms. The molecular formula is C13H20N2O2S. The first-order valence-corrected chi connectivity index (χ1v) is 7.43. The molecule has 1 aromatic rings. The van der Waals surface area contributed by atoms with E-state index < -0.39 is 0 Å². The minimum Gasteiger partial charge on any atom is -0.387 e. The van der Waals surface area contributed by atoms with E-state index in [-0.39, 0.29) is 11.7 Å². The predicted molar refractivity (Wildman–Crippen MR) is 72.3 cm³/mol. The number of anilines is 1. The molecule has 1 atom stereocenters. The third-order valence-corrected chi connectivity index (χ3v) is 4.80. The lowest BCUT2D eigenvalue weighted by Gasteiger charge is -2.38. The van der Waals surface area contributed by atoms with Crippen molar-refractivity contribution in [2.75, 3.05) is 24.6 Å². The van der Waals surface area contributed by atoms with Crippen molar-refractivity contribution < 1.29 is 9.84 Å². The van der Waals surface area contributed by atoms with Crippen LogP contribution in [0.3, 0.4) is 0 Å². The summed E-state index contributed by atoms with van der Waals surface area (Å²) < 4.78 is 5.73. The molecule has 2 heterocycles. The molecule has 2 aliphatic rings. The number of hydrogen-bond donors (Lipinski definition) is 1. The summed E-state index contributed by atoms with van der Waals surface area (Å²) in [5, 5.41) is 11.0. The summed E-state index contributed by atoms with van der Waals surface area (Å²) in [4.78, 5) is 8.22. The van der Waals surface area contributed by atoms with Crippen molar-refractivity contribution >= 4 is 16.5 Å². The molecule has 0 spiro atoms. The van der Waals surface area contributed by atoms with Gasteiger partial charge in [-0.2, -0.15) is 0 Å². The third kappa shape index (κ3) is 2.27. The summed E-state index contributed by atoms with van der Waals surface area (Å²) in [6.45, 7) is 6.74. The molecule has 0 aromatic carbocycles. The highest BCUT2D eigenvalue weighted by Gasteiger charge is 2.31. The maximum absolute atomic E-state index is 9.98. The van der Waals surface area contributed by atoms with Crippen LogP contribution in [0.4, 0.5) is 5.13 Å². The number of rotatable bonds is 1. The lowest BCUT2D eigenvalue weighted by atomic mass is 10.0. The molecule has 0 amide bonds. The Morgan fingerprint density at radius 1 is 1.50 bits per heavy atom. The van der Waals surface area contributed by atoms with Crippen LogP contribution in [0.2, 0.25) is 0 Å². The summed E-state index contributed by atoms with van der Waals surface area (Å²) >= 11 is 1.75. The fourth-order valence-electron chi connectivity index (χ4n) is 2.70. The number of thiazole rings is 1. The molecule has 1 aliphatic carbocycles. The highest BCUT2D eigenvalue weighted by atomic mass is 32.1. The molecule has 1 N–H and O–H groups in total. The van der Waals surface area contributed by atoms with Crippen LogP contribution in [0.25, 0.3) is 0 Å². The van der Waals surface area contributed by atoms with Crippen LogP contribution < -0.4 is 4.90 Å². The minimum absolute atomic E-state index is 0.108. The molecule has 0 saturated carbocycles. The number of aryl methyl sites for hydroxylation is 1. The van der Waals surface area contributed by atoms with Gasteiger partial charge in [0.25, 0.3) is 0 Å². The molecule has 5 heteroatoms. The first kappa shape index (κ1) is 12.4. The zero-order valence-electron chi connectivity index (χ0n) is 11.0. The van der Waals surface area contributed by atoms with Gasteiger partial charge >= 0.3 is 0 Å². The van der Waals surface area contributed by atoms with Crippen LogP contribution in [0.1, 0.15) is 43.4 Å². The molecule has 100 valence electrons. The SMILES string of the molecule is CC1(C)CN(c2nc3c(s2)CCCC3O)CCO1. The Bertz CT molecular complexity index is 444. The number of aliphatic hydroxyl groups is 1. The second kappa shape index (κ2) is 4.47. The molecule has 3 rings (SSSR count). The highest BCUT2D eigenvalue weighted by Crippen LogP contribution is 2.37. The van der Waals surface area contributed by atoms with Crippen LogP contribution in [-0.4, -0.2) is 35.4 Å². The fourth-order valence-corrected chi connectivity index (χ4v) is 3.88. The number of ether oxygens (including phenoxy) is 1. The Balaban J connectivity index is 1.84. The van der Waals surface area contributed by atoms with E-state index in [0.29, 0.717) is 0 Å². The van der Waals surface area contributed by atoms with E-state index in [1.54, 1.807) is 11.3 Å². The van der Waals surface area contributed by atoms with Gasteiger partial charge < -0.3 is 14.7 Å². The van der Waals surface area contributed by atoms with Gasteiger partial charge in [0.05, 0.1) is 24.0 Å². The molecule has 1 aromatic heterocycles. The second-order valence-corrected chi connectivity index (χ2v) is 6.80. The molecule has 1 fully saturated rings. The number of morpholine rings is 1. The van der Waals surface area contributed by atoms with Crippen molar-refractivity contribution in [1.82, 2.24) is 4.98 Å². The first-order chi connectivity index (χ1) is 8.55. The average molecular weight is 268 g/mol. The Labute approximate surface area is 112 Å². The number of hydrogen-bond acceptors (Lipinski definition) is 5. The maximum Gasteiger partial charge on any atom is 0.186 e. The highest BCUT2D eigenvalue weighted by molar-refractivity contribution is 7.15. The minimum atomic E-state index is -0.354. The second-order valence-electron chi connectivity index (χ2n) is 5.74. The Kier molecular flexibility index (Phi) is 3.08. The third-order valence-electron chi connectivity index (χ3n) is 3.61. The normalized spacial score (nSPS) is 27.1. The summed E-state index contributed by atoms with van der Waals surface area (Å²) in [7, 11) is 0. The van der Waals surface area contributed by atoms with Gasteiger partial charge in [-0.1, -0.05) is 0 Å². The van der Waals surface area contributed by atoms with Crippen LogP contribution in [0.5, 0.6) is 0 Å². The number of aromatic nitrogens is 1. The van der Waals surface area contributed by atoms with Crippen molar-refractivity contribution in [3.63, 3.8) is 0 Å². The first-order valence-electron chi connectivity index (χ1n) is 6.62. The van der Waals surface area contributed by atoms with E-state index in [1.807, 2.05) is 0 Å². The van der Waals surface area contributed by atoms with Gasteiger partial charge in [0.1, 0.15) is 0 Å². The van der Waals surface area contributed by atoms with Gasteiger partial charge in [-0.25, -0.2) is 4.98 Å². The maximum atomic E-state index is 9.98. The van der Waals surface area contributed by atoms with Gasteiger partial charge in [0, 0.05) is 18.0 Å². The molecule has 1 unspecified atom stereocenters. The topological polar surface area (TPSA) is 45.6 Å². The van der Waals surface area contributed by atoms with E-state index in [9.17, 15) is 5.11 Å². The van der Waals surface area contributed by atoms with Crippen LogP contribution >= 0.6 is 11.3 Å². The van der Waals surface area contributed by atoms with Crippen LogP contribution in [0, 0.1) is 0 Å². The fraction of sp³-hybridized carbons (Fsp3) is 0.769. The summed E-state index contributed by atoms with van der Waals surface area (Å²) in [6, 6.07) is 0. The largest absolute Gasteiger partial charge is 0.387 e. The van der Waals surface area contributed by atoms with Gasteiger partial charge in [-0.3, -0.25) is 0 Å². The number of fused-ring (bicyclic) bond motifs is 1. The van der Waals surface area contributed by atoms with Crippen LogP contribution in [0.15, 0.2) is 0 Å². The van der Waals surface area contributed by atoms with Gasteiger partial charge in [-0.05, 0) is 33.1 Å². The van der Waals surface area contributed by atoms with E-state index in [0.717, 1.165) is 49.8 Å². The van der Waals surface area contributed by atoms with Gasteiger partial charge in [0.2, 0.25) is 0 Å². The van der Waals surface area contributed by atoms with E-state index in [4.69, 9.17) is 4.74 Å².